The van der Waals surface area contributed by atoms with Crippen LogP contribution in [0.2, 0.25) is 0 Å². The van der Waals surface area contributed by atoms with Crippen LogP contribution < -0.4 is 0 Å². The molecule has 0 aromatic rings. The molecule has 112 valence electrons. The highest BCUT2D eigenvalue weighted by atomic mass is 19.4. The molecule has 0 aromatic heterocycles. The number of ether oxygens (including phenoxy) is 2. The summed E-state index contributed by atoms with van der Waals surface area (Å²) in [6.45, 7) is 3.18. The van der Waals surface area contributed by atoms with E-state index in [1.54, 1.807) is 6.92 Å². The molecule has 1 rings (SSSR count). The van der Waals surface area contributed by atoms with Crippen LogP contribution in [0.5, 0.6) is 0 Å². The summed E-state index contributed by atoms with van der Waals surface area (Å²) in [5.41, 5.74) is 0. The lowest BCUT2D eigenvalue weighted by molar-refractivity contribution is -0.166. The number of likely N-dealkylation sites (N-methyl/N-ethyl adjacent to an activating group) is 1. The highest BCUT2D eigenvalue weighted by molar-refractivity contribution is 5.75. The first kappa shape index (κ1) is 16.2. The van der Waals surface area contributed by atoms with Gasteiger partial charge in [0.1, 0.15) is 12.1 Å². The van der Waals surface area contributed by atoms with Crippen molar-refractivity contribution in [1.29, 1.82) is 0 Å². The van der Waals surface area contributed by atoms with E-state index in [0.717, 1.165) is 11.3 Å². The highest BCUT2D eigenvalue weighted by Crippen LogP contribution is 2.21. The monoisotopic (exact) mass is 283 g/mol. The highest BCUT2D eigenvalue weighted by Gasteiger charge is 2.34. The molecule has 0 radical (unpaired) electrons. The minimum Gasteiger partial charge on any atom is -0.461 e. The molecule has 0 amide bonds. The molecular formula is C12H20F3NO3. The molecule has 0 spiro atoms. The van der Waals surface area contributed by atoms with Gasteiger partial charge >= 0.3 is 12.1 Å². The Morgan fingerprint density at radius 3 is 2.58 bits per heavy atom. The second-order valence-electron chi connectivity index (χ2n) is 4.97. The minimum absolute atomic E-state index is 0.129. The SMILES string of the molecule is C[C@H](OC(=O)[C@@H](C)N(C)CC(F)(F)F)[C@@H]1CCOC1. The first-order valence-corrected chi connectivity index (χ1v) is 6.26. The molecule has 0 aromatic carbocycles. The van der Waals surface area contributed by atoms with Gasteiger partial charge in [-0.2, -0.15) is 13.2 Å². The van der Waals surface area contributed by atoms with Gasteiger partial charge in [-0.1, -0.05) is 0 Å². The number of hydrogen-bond donors (Lipinski definition) is 0. The van der Waals surface area contributed by atoms with Gasteiger partial charge in [0.05, 0.1) is 13.2 Å². The number of hydrogen-bond acceptors (Lipinski definition) is 4. The Kier molecular flexibility index (Phi) is 5.61. The molecule has 7 heteroatoms. The fourth-order valence-corrected chi connectivity index (χ4v) is 1.90. The first-order chi connectivity index (χ1) is 8.70. The number of halogens is 3. The standard InChI is InChI=1S/C12H20F3NO3/c1-8(16(3)7-12(13,14)15)11(17)19-9(2)10-4-5-18-6-10/h8-10H,4-7H2,1-3H3/t8-,9+,10-/m1/s1. The molecule has 1 heterocycles. The van der Waals surface area contributed by atoms with E-state index >= 15 is 0 Å². The molecule has 4 nitrogen and oxygen atoms in total. The Balaban J connectivity index is 2.43. The van der Waals surface area contributed by atoms with Crippen molar-refractivity contribution in [2.45, 2.75) is 38.6 Å². The summed E-state index contributed by atoms with van der Waals surface area (Å²) in [5, 5.41) is 0. The molecule has 3 atom stereocenters. The Hall–Kier alpha value is -0.820. The van der Waals surface area contributed by atoms with Crippen LogP contribution >= 0.6 is 0 Å². The third-order valence-corrected chi connectivity index (χ3v) is 3.36. The van der Waals surface area contributed by atoms with Crippen molar-refractivity contribution in [1.82, 2.24) is 4.90 Å². The summed E-state index contributed by atoms with van der Waals surface area (Å²) >= 11 is 0. The molecule has 1 aliphatic heterocycles. The van der Waals surface area contributed by atoms with Crippen LogP contribution in [0.25, 0.3) is 0 Å². The summed E-state index contributed by atoms with van der Waals surface area (Å²) in [6.07, 6.45) is -3.85. The summed E-state index contributed by atoms with van der Waals surface area (Å²) in [7, 11) is 1.25. The van der Waals surface area contributed by atoms with Crippen molar-refractivity contribution >= 4 is 5.97 Å². The van der Waals surface area contributed by atoms with Crippen LogP contribution in [0.4, 0.5) is 13.2 Å². The van der Waals surface area contributed by atoms with E-state index in [2.05, 4.69) is 0 Å². The Morgan fingerprint density at radius 2 is 2.11 bits per heavy atom. The number of nitrogens with zero attached hydrogens (tertiary/aromatic N) is 1. The van der Waals surface area contributed by atoms with Gasteiger partial charge in [0.2, 0.25) is 0 Å². The van der Waals surface area contributed by atoms with Crippen molar-refractivity contribution in [2.75, 3.05) is 26.8 Å². The third-order valence-electron chi connectivity index (χ3n) is 3.36. The van der Waals surface area contributed by atoms with E-state index in [0.29, 0.717) is 13.2 Å². The third kappa shape index (κ3) is 5.36. The second-order valence-corrected chi connectivity index (χ2v) is 4.97. The van der Waals surface area contributed by atoms with Crippen molar-refractivity contribution in [3.8, 4) is 0 Å². The van der Waals surface area contributed by atoms with Crippen LogP contribution in [0.1, 0.15) is 20.3 Å². The maximum absolute atomic E-state index is 12.2. The quantitative estimate of drug-likeness (QED) is 0.722. The molecule has 0 aliphatic carbocycles. The lowest BCUT2D eigenvalue weighted by Gasteiger charge is -2.26. The Morgan fingerprint density at radius 1 is 1.47 bits per heavy atom. The lowest BCUT2D eigenvalue weighted by Crippen LogP contribution is -2.43. The van der Waals surface area contributed by atoms with Gasteiger partial charge in [0, 0.05) is 12.5 Å². The van der Waals surface area contributed by atoms with E-state index in [-0.39, 0.29) is 12.0 Å². The summed E-state index contributed by atoms with van der Waals surface area (Å²) in [4.78, 5) is 12.7. The van der Waals surface area contributed by atoms with E-state index < -0.39 is 24.7 Å². The number of rotatable bonds is 5. The number of carbonyl (C=O) groups excluding carboxylic acids is 1. The summed E-state index contributed by atoms with van der Waals surface area (Å²) < 4.78 is 47.1. The van der Waals surface area contributed by atoms with Crippen LogP contribution in [-0.4, -0.2) is 56.0 Å². The maximum atomic E-state index is 12.2. The van der Waals surface area contributed by atoms with Gasteiger partial charge in [-0.3, -0.25) is 9.69 Å². The van der Waals surface area contributed by atoms with Crippen molar-refractivity contribution < 1.29 is 27.4 Å². The zero-order chi connectivity index (χ0) is 14.6. The van der Waals surface area contributed by atoms with E-state index in [9.17, 15) is 18.0 Å². The topological polar surface area (TPSA) is 38.8 Å². The number of carbonyl (C=O) groups is 1. The average Bonchev–Trinajstić information content (AvgIpc) is 2.78. The van der Waals surface area contributed by atoms with Crippen molar-refractivity contribution in [3.63, 3.8) is 0 Å². The molecule has 1 fully saturated rings. The van der Waals surface area contributed by atoms with Gasteiger partial charge in [-0.05, 0) is 27.3 Å². The number of alkyl halides is 3. The van der Waals surface area contributed by atoms with Crippen LogP contribution in [0.3, 0.4) is 0 Å². The first-order valence-electron chi connectivity index (χ1n) is 6.26. The largest absolute Gasteiger partial charge is 0.461 e. The molecular weight excluding hydrogens is 263 g/mol. The Labute approximate surface area is 110 Å². The second kappa shape index (κ2) is 6.56. The summed E-state index contributed by atoms with van der Waals surface area (Å²) in [6, 6.07) is -0.925. The maximum Gasteiger partial charge on any atom is 0.401 e. The van der Waals surface area contributed by atoms with Gasteiger partial charge in [0.15, 0.2) is 0 Å². The van der Waals surface area contributed by atoms with E-state index in [4.69, 9.17) is 9.47 Å². The fraction of sp³-hybridized carbons (Fsp3) is 0.917. The predicted molar refractivity (Wildman–Crippen MR) is 62.6 cm³/mol. The molecule has 0 saturated carbocycles. The average molecular weight is 283 g/mol. The normalized spacial score (nSPS) is 23.4. The van der Waals surface area contributed by atoms with Gasteiger partial charge in [0.25, 0.3) is 0 Å². The van der Waals surface area contributed by atoms with Gasteiger partial charge in [-0.15, -0.1) is 0 Å². The predicted octanol–water partition coefficient (Wildman–Crippen LogP) is 1.84. The molecule has 19 heavy (non-hydrogen) atoms. The molecule has 0 N–H and O–H groups in total. The minimum atomic E-state index is -4.33. The van der Waals surface area contributed by atoms with Crippen LogP contribution in [0.15, 0.2) is 0 Å². The van der Waals surface area contributed by atoms with Crippen molar-refractivity contribution in [3.05, 3.63) is 0 Å². The van der Waals surface area contributed by atoms with Crippen LogP contribution in [0, 0.1) is 5.92 Å². The molecule has 0 bridgehead atoms. The smallest absolute Gasteiger partial charge is 0.401 e. The van der Waals surface area contributed by atoms with Gasteiger partial charge < -0.3 is 9.47 Å². The van der Waals surface area contributed by atoms with E-state index in [1.165, 1.54) is 14.0 Å². The fourth-order valence-electron chi connectivity index (χ4n) is 1.90. The molecule has 0 unspecified atom stereocenters. The molecule has 1 aliphatic rings. The van der Waals surface area contributed by atoms with Crippen molar-refractivity contribution in [2.24, 2.45) is 5.92 Å². The number of esters is 1. The van der Waals surface area contributed by atoms with Crippen LogP contribution in [-0.2, 0) is 14.3 Å². The zero-order valence-corrected chi connectivity index (χ0v) is 11.4. The van der Waals surface area contributed by atoms with Gasteiger partial charge in [-0.25, -0.2) is 0 Å². The van der Waals surface area contributed by atoms with E-state index in [1.807, 2.05) is 0 Å². The lowest BCUT2D eigenvalue weighted by atomic mass is 10.0. The Bertz CT molecular complexity index is 303. The molecule has 1 saturated heterocycles. The zero-order valence-electron chi connectivity index (χ0n) is 11.4. The summed E-state index contributed by atoms with van der Waals surface area (Å²) in [5.74, 6) is -0.504.